The van der Waals surface area contributed by atoms with Crippen molar-refractivity contribution in [2.45, 2.75) is 26.7 Å². The van der Waals surface area contributed by atoms with E-state index in [-0.39, 0.29) is 0 Å². The summed E-state index contributed by atoms with van der Waals surface area (Å²) in [5.41, 5.74) is 3.58. The molecule has 0 aliphatic carbocycles. The van der Waals surface area contributed by atoms with Gasteiger partial charge in [0.05, 0.1) is 0 Å². The lowest BCUT2D eigenvalue weighted by Crippen LogP contribution is -1.96. The van der Waals surface area contributed by atoms with Gasteiger partial charge in [0.15, 0.2) is 0 Å². The number of halogens is 1. The monoisotopic (exact) mass is 304 g/mol. The van der Waals surface area contributed by atoms with Crippen LogP contribution in [-0.4, -0.2) is 4.98 Å². The standard InChI is InChI=1S/C15H17BrN2/c1-10(2)12-5-4-6-13(8-12)18-15-7-11(3)14(16)9-17-15/h4-10H,1-3H3,(H,17,18). The predicted octanol–water partition coefficient (Wildman–Crippen LogP) is 5.02. The Balaban J connectivity index is 2.23. The highest BCUT2D eigenvalue weighted by atomic mass is 79.9. The molecule has 0 aliphatic heterocycles. The number of nitrogens with zero attached hydrogens (tertiary/aromatic N) is 1. The molecule has 0 saturated carbocycles. The van der Waals surface area contributed by atoms with Crippen LogP contribution < -0.4 is 5.32 Å². The Kier molecular flexibility index (Phi) is 4.02. The molecule has 2 rings (SSSR count). The van der Waals surface area contributed by atoms with E-state index in [4.69, 9.17) is 0 Å². The van der Waals surface area contributed by atoms with Gasteiger partial charge in [-0.1, -0.05) is 26.0 Å². The van der Waals surface area contributed by atoms with E-state index in [0.29, 0.717) is 5.92 Å². The van der Waals surface area contributed by atoms with Crippen molar-refractivity contribution >= 4 is 27.4 Å². The number of hydrogen-bond acceptors (Lipinski definition) is 2. The number of hydrogen-bond donors (Lipinski definition) is 1. The molecule has 0 spiro atoms. The molecule has 0 radical (unpaired) electrons. The molecule has 18 heavy (non-hydrogen) atoms. The molecule has 1 N–H and O–H groups in total. The first kappa shape index (κ1) is 13.1. The molecule has 0 bridgehead atoms. The molecule has 2 nitrogen and oxygen atoms in total. The fourth-order valence-corrected chi connectivity index (χ4v) is 1.95. The van der Waals surface area contributed by atoms with Crippen LogP contribution in [0.3, 0.4) is 0 Å². The zero-order valence-corrected chi connectivity index (χ0v) is 12.5. The van der Waals surface area contributed by atoms with Gasteiger partial charge in [-0.3, -0.25) is 0 Å². The Morgan fingerprint density at radius 2 is 2.00 bits per heavy atom. The fraction of sp³-hybridized carbons (Fsp3) is 0.267. The lowest BCUT2D eigenvalue weighted by atomic mass is 10.0. The van der Waals surface area contributed by atoms with Gasteiger partial charge in [0.1, 0.15) is 5.82 Å². The maximum Gasteiger partial charge on any atom is 0.130 e. The highest BCUT2D eigenvalue weighted by molar-refractivity contribution is 9.10. The molecule has 0 aliphatic rings. The summed E-state index contributed by atoms with van der Waals surface area (Å²) in [4.78, 5) is 4.35. The van der Waals surface area contributed by atoms with Gasteiger partial charge in [-0.25, -0.2) is 4.98 Å². The third-order valence-corrected chi connectivity index (χ3v) is 3.70. The zero-order chi connectivity index (χ0) is 13.1. The summed E-state index contributed by atoms with van der Waals surface area (Å²) in [5.74, 6) is 1.41. The van der Waals surface area contributed by atoms with Crippen molar-refractivity contribution < 1.29 is 0 Å². The molecular formula is C15H17BrN2. The van der Waals surface area contributed by atoms with E-state index in [9.17, 15) is 0 Å². The van der Waals surface area contributed by atoms with E-state index in [1.807, 2.05) is 12.3 Å². The molecule has 0 amide bonds. The van der Waals surface area contributed by atoms with Crippen LogP contribution in [0.2, 0.25) is 0 Å². The number of rotatable bonds is 3. The van der Waals surface area contributed by atoms with Crippen LogP contribution in [-0.2, 0) is 0 Å². The van der Waals surface area contributed by atoms with Crippen molar-refractivity contribution in [2.75, 3.05) is 5.32 Å². The Morgan fingerprint density at radius 3 is 2.67 bits per heavy atom. The smallest absolute Gasteiger partial charge is 0.130 e. The fourth-order valence-electron chi connectivity index (χ4n) is 1.73. The molecule has 1 aromatic heterocycles. The Bertz CT molecular complexity index is 550. The van der Waals surface area contributed by atoms with Crippen molar-refractivity contribution in [3.63, 3.8) is 0 Å². The summed E-state index contributed by atoms with van der Waals surface area (Å²) in [6.07, 6.45) is 1.82. The van der Waals surface area contributed by atoms with E-state index in [2.05, 4.69) is 71.3 Å². The maximum absolute atomic E-state index is 4.35. The van der Waals surface area contributed by atoms with Gasteiger partial charge in [-0.15, -0.1) is 0 Å². The van der Waals surface area contributed by atoms with E-state index in [1.54, 1.807) is 0 Å². The number of benzene rings is 1. The molecule has 3 heteroatoms. The molecule has 2 aromatic rings. The number of anilines is 2. The minimum atomic E-state index is 0.534. The first-order chi connectivity index (χ1) is 8.56. The lowest BCUT2D eigenvalue weighted by molar-refractivity contribution is 0.867. The highest BCUT2D eigenvalue weighted by Crippen LogP contribution is 2.23. The Labute approximate surface area is 117 Å². The van der Waals surface area contributed by atoms with Gasteiger partial charge in [0.25, 0.3) is 0 Å². The van der Waals surface area contributed by atoms with Crippen LogP contribution in [0, 0.1) is 6.92 Å². The summed E-state index contributed by atoms with van der Waals surface area (Å²) in [6.45, 7) is 6.45. The van der Waals surface area contributed by atoms with Gasteiger partial charge in [0, 0.05) is 16.4 Å². The topological polar surface area (TPSA) is 24.9 Å². The van der Waals surface area contributed by atoms with Gasteiger partial charge in [0.2, 0.25) is 0 Å². The third-order valence-electron chi connectivity index (χ3n) is 2.87. The first-order valence-electron chi connectivity index (χ1n) is 6.05. The van der Waals surface area contributed by atoms with Crippen LogP contribution in [0.4, 0.5) is 11.5 Å². The molecule has 0 fully saturated rings. The van der Waals surface area contributed by atoms with Crippen LogP contribution in [0.1, 0.15) is 30.9 Å². The second-order valence-electron chi connectivity index (χ2n) is 4.72. The molecule has 1 heterocycles. The average Bonchev–Trinajstić information content (AvgIpc) is 2.34. The van der Waals surface area contributed by atoms with E-state index in [1.165, 1.54) is 11.1 Å². The second-order valence-corrected chi connectivity index (χ2v) is 5.58. The molecule has 94 valence electrons. The number of aryl methyl sites for hydroxylation is 1. The van der Waals surface area contributed by atoms with Crippen LogP contribution in [0.15, 0.2) is 41.0 Å². The van der Waals surface area contributed by atoms with Crippen molar-refractivity contribution in [1.82, 2.24) is 4.98 Å². The summed E-state index contributed by atoms with van der Waals surface area (Å²) in [5, 5.41) is 3.34. The number of pyridine rings is 1. The maximum atomic E-state index is 4.35. The summed E-state index contributed by atoms with van der Waals surface area (Å²) in [7, 11) is 0. The predicted molar refractivity (Wildman–Crippen MR) is 80.5 cm³/mol. The summed E-state index contributed by atoms with van der Waals surface area (Å²) in [6, 6.07) is 10.5. The Morgan fingerprint density at radius 1 is 1.22 bits per heavy atom. The number of aromatic nitrogens is 1. The van der Waals surface area contributed by atoms with Gasteiger partial charge < -0.3 is 5.32 Å². The van der Waals surface area contributed by atoms with Gasteiger partial charge in [-0.05, 0) is 58.1 Å². The summed E-state index contributed by atoms with van der Waals surface area (Å²) >= 11 is 3.46. The molecule has 0 saturated heterocycles. The van der Waals surface area contributed by atoms with Crippen LogP contribution in [0.5, 0.6) is 0 Å². The largest absolute Gasteiger partial charge is 0.340 e. The molecule has 1 aromatic carbocycles. The minimum absolute atomic E-state index is 0.534. The first-order valence-corrected chi connectivity index (χ1v) is 6.84. The zero-order valence-electron chi connectivity index (χ0n) is 10.9. The molecular weight excluding hydrogens is 288 g/mol. The van der Waals surface area contributed by atoms with E-state index >= 15 is 0 Å². The molecule has 0 atom stereocenters. The normalized spacial score (nSPS) is 10.7. The molecule has 0 unspecified atom stereocenters. The van der Waals surface area contributed by atoms with Gasteiger partial charge >= 0.3 is 0 Å². The summed E-state index contributed by atoms with van der Waals surface area (Å²) < 4.78 is 1.03. The van der Waals surface area contributed by atoms with Crippen molar-refractivity contribution in [3.05, 3.63) is 52.1 Å². The highest BCUT2D eigenvalue weighted by Gasteiger charge is 2.02. The second kappa shape index (κ2) is 5.53. The van der Waals surface area contributed by atoms with Crippen LogP contribution in [0.25, 0.3) is 0 Å². The minimum Gasteiger partial charge on any atom is -0.340 e. The Hall–Kier alpha value is -1.35. The third kappa shape index (κ3) is 3.10. The van der Waals surface area contributed by atoms with Crippen molar-refractivity contribution in [2.24, 2.45) is 0 Å². The van der Waals surface area contributed by atoms with Crippen molar-refractivity contribution in [1.29, 1.82) is 0 Å². The average molecular weight is 305 g/mol. The van der Waals surface area contributed by atoms with Gasteiger partial charge in [-0.2, -0.15) is 0 Å². The van der Waals surface area contributed by atoms with Crippen LogP contribution >= 0.6 is 15.9 Å². The van der Waals surface area contributed by atoms with E-state index < -0.39 is 0 Å². The van der Waals surface area contributed by atoms with E-state index in [0.717, 1.165) is 16.0 Å². The van der Waals surface area contributed by atoms with Crippen molar-refractivity contribution in [3.8, 4) is 0 Å². The quantitative estimate of drug-likeness (QED) is 0.861. The number of nitrogens with one attached hydrogen (secondary N) is 1. The SMILES string of the molecule is Cc1cc(Nc2cccc(C(C)C)c2)ncc1Br. The lowest BCUT2D eigenvalue weighted by Gasteiger charge is -2.10.